The van der Waals surface area contributed by atoms with Crippen LogP contribution in [0.25, 0.3) is 0 Å². The average molecular weight is 1370 g/mol. The highest BCUT2D eigenvalue weighted by Crippen LogP contribution is 2.76. The maximum Gasteiger partial charge on any atom is 0.317 e. The second kappa shape index (κ2) is 27.0. The first-order chi connectivity index (χ1) is 44.3. The number of hydrogen-bond donors (Lipinski definition) is 18. The molecule has 31 heteroatoms. The lowest BCUT2D eigenvalue weighted by atomic mass is 9.32. The van der Waals surface area contributed by atoms with Gasteiger partial charge in [0.15, 0.2) is 37.6 Å². The molecule has 18 N–H and O–H groups in total. The molecule has 0 aromatic carbocycles. The largest absolute Gasteiger partial charge is 0.432 e. The van der Waals surface area contributed by atoms with Gasteiger partial charge in [-0.1, -0.05) is 53.2 Å². The zero-order chi connectivity index (χ0) is 69.6. The van der Waals surface area contributed by atoms with Gasteiger partial charge in [0.1, 0.15) is 109 Å². The van der Waals surface area contributed by atoms with Crippen molar-refractivity contribution in [2.75, 3.05) is 19.8 Å². The number of hydrogen-bond acceptors (Lipinski definition) is 31. The van der Waals surface area contributed by atoms with Crippen LogP contribution in [-0.2, 0) is 61.6 Å². The maximum atomic E-state index is 15.6. The first-order valence-electron chi connectivity index (χ1n) is 33.5. The van der Waals surface area contributed by atoms with E-state index in [0.29, 0.717) is 19.3 Å². The number of fused-ring (bicyclic) bond motifs is 7. The molecular formula is C64H104O31. The van der Waals surface area contributed by atoms with Gasteiger partial charge in [-0.2, -0.15) is 0 Å². The molecule has 0 amide bonds. The third-order valence-electron chi connectivity index (χ3n) is 24.7. The van der Waals surface area contributed by atoms with Crippen molar-refractivity contribution < 1.29 is 154 Å². The first-order valence-corrected chi connectivity index (χ1v) is 33.5. The Morgan fingerprint density at radius 1 is 0.484 bits per heavy atom. The fourth-order valence-electron chi connectivity index (χ4n) is 19.1. The summed E-state index contributed by atoms with van der Waals surface area (Å²) in [5, 5.41) is 203. The van der Waals surface area contributed by atoms with Crippen molar-refractivity contribution in [3.8, 4) is 0 Å². The van der Waals surface area contributed by atoms with Gasteiger partial charge in [0.05, 0.1) is 68.7 Å². The second-order valence-corrected chi connectivity index (χ2v) is 31.2. The van der Waals surface area contributed by atoms with Crippen molar-refractivity contribution in [3.63, 3.8) is 0 Å². The van der Waals surface area contributed by atoms with Gasteiger partial charge in [0, 0.05) is 11.3 Å². The molecule has 546 valence electrons. The highest BCUT2D eigenvalue weighted by molar-refractivity contribution is 5.80. The molecule has 0 unspecified atom stereocenters. The van der Waals surface area contributed by atoms with Gasteiger partial charge in [-0.25, -0.2) is 0 Å². The Kier molecular flexibility index (Phi) is 21.1. The minimum Gasteiger partial charge on any atom is -0.432 e. The molecule has 10 fully saturated rings. The van der Waals surface area contributed by atoms with E-state index >= 15 is 4.79 Å². The predicted octanol–water partition coefficient (Wildman–Crippen LogP) is -5.11. The summed E-state index contributed by atoms with van der Waals surface area (Å²) < 4.78 is 71.8. The summed E-state index contributed by atoms with van der Waals surface area (Å²) in [5.74, 6) is -2.62. The molecule has 6 heterocycles. The van der Waals surface area contributed by atoms with Gasteiger partial charge >= 0.3 is 5.97 Å². The maximum absolute atomic E-state index is 15.6. The minimum atomic E-state index is -2.07. The Hall–Kier alpha value is -1.95. The Labute approximate surface area is 550 Å². The summed E-state index contributed by atoms with van der Waals surface area (Å²) in [6.07, 6.45) is -47.3. The molecule has 6 aliphatic heterocycles. The summed E-state index contributed by atoms with van der Waals surface area (Å²) in [7, 11) is 0. The second-order valence-electron chi connectivity index (χ2n) is 31.2. The normalized spacial score (nSPS) is 57.2. The van der Waals surface area contributed by atoms with E-state index in [1.54, 1.807) is 6.92 Å². The van der Waals surface area contributed by atoms with Crippen molar-refractivity contribution in [2.45, 2.75) is 311 Å². The lowest BCUT2D eigenvalue weighted by Gasteiger charge is -2.73. The fourth-order valence-corrected chi connectivity index (χ4v) is 19.1. The highest BCUT2D eigenvalue weighted by atomic mass is 16.8. The van der Waals surface area contributed by atoms with E-state index in [1.807, 2.05) is 13.8 Å². The molecule has 11 aliphatic rings. The monoisotopic (exact) mass is 1370 g/mol. The summed E-state index contributed by atoms with van der Waals surface area (Å²) in [4.78, 5) is 15.6. The molecule has 0 spiro atoms. The van der Waals surface area contributed by atoms with Crippen molar-refractivity contribution in [1.82, 2.24) is 0 Å². The number of ether oxygens (including phenoxy) is 12. The Morgan fingerprint density at radius 3 is 1.56 bits per heavy atom. The average Bonchev–Trinajstić information content (AvgIpc) is 0.666. The molecule has 5 aliphatic carbocycles. The summed E-state index contributed by atoms with van der Waals surface area (Å²) in [5.41, 5.74) is -5.20. The van der Waals surface area contributed by atoms with Crippen LogP contribution < -0.4 is 0 Å². The quantitative estimate of drug-likeness (QED) is 0.0466. The van der Waals surface area contributed by atoms with Gasteiger partial charge in [-0.3, -0.25) is 4.79 Å². The Bertz CT molecular complexity index is 2720. The van der Waals surface area contributed by atoms with Gasteiger partial charge in [0.2, 0.25) is 6.29 Å². The van der Waals surface area contributed by atoms with Gasteiger partial charge < -0.3 is 149 Å². The van der Waals surface area contributed by atoms with Gasteiger partial charge in [0.25, 0.3) is 0 Å². The van der Waals surface area contributed by atoms with Crippen LogP contribution in [0.5, 0.6) is 0 Å². The summed E-state index contributed by atoms with van der Waals surface area (Å²) in [6.45, 7) is 15.9. The van der Waals surface area contributed by atoms with E-state index in [4.69, 9.17) is 56.8 Å². The third kappa shape index (κ3) is 12.3. The number of carbonyl (C=O) groups is 1. The van der Waals surface area contributed by atoms with E-state index in [-0.39, 0.29) is 37.0 Å². The van der Waals surface area contributed by atoms with E-state index in [0.717, 1.165) is 5.57 Å². The first kappa shape index (κ1) is 74.2. The van der Waals surface area contributed by atoms with Gasteiger partial charge in [-0.05, 0) is 106 Å². The van der Waals surface area contributed by atoms with Crippen molar-refractivity contribution in [2.24, 2.45) is 50.2 Å². The predicted molar refractivity (Wildman–Crippen MR) is 316 cm³/mol. The number of carbonyl (C=O) groups excluding carboxylic acids is 1. The molecule has 11 rings (SSSR count). The number of rotatable bonds is 13. The molecule has 6 saturated heterocycles. The molecule has 95 heavy (non-hydrogen) atoms. The molecule has 31 nitrogen and oxygen atoms in total. The smallest absolute Gasteiger partial charge is 0.317 e. The molecule has 40 atom stereocenters. The third-order valence-corrected chi connectivity index (χ3v) is 24.7. The number of aliphatic hydroxyl groups excluding tert-OH is 18. The lowest BCUT2D eigenvalue weighted by molar-refractivity contribution is -0.388. The van der Waals surface area contributed by atoms with Crippen LogP contribution in [0.1, 0.15) is 114 Å². The van der Waals surface area contributed by atoms with Crippen LogP contribution >= 0.6 is 0 Å². The van der Waals surface area contributed by atoms with Crippen LogP contribution in [0.3, 0.4) is 0 Å². The van der Waals surface area contributed by atoms with Crippen LogP contribution in [0, 0.1) is 50.2 Å². The summed E-state index contributed by atoms with van der Waals surface area (Å²) >= 11 is 0. The van der Waals surface area contributed by atoms with Gasteiger partial charge in [-0.15, -0.1) is 0 Å². The van der Waals surface area contributed by atoms with Crippen molar-refractivity contribution >= 4 is 5.97 Å². The Balaban J connectivity index is 0.805. The van der Waals surface area contributed by atoms with E-state index < -0.39 is 261 Å². The zero-order valence-corrected chi connectivity index (χ0v) is 55.2. The molecule has 0 radical (unpaired) electrons. The van der Waals surface area contributed by atoms with E-state index in [2.05, 4.69) is 26.8 Å². The number of aliphatic hydroxyl groups is 18. The Morgan fingerprint density at radius 2 is 0.989 bits per heavy atom. The highest BCUT2D eigenvalue weighted by Gasteiger charge is 2.75. The standard InChI is InChI=1S/C64H104O31/c1-22-34(70)38(74)42(78)53(86-22)90-31-20-85-52(46(82)48(31)92-54-43(79)39(75)35(71)23(2)87-54)91-47-25(4)89-55(45(81)41(47)77)93-49-37(73)30(68)19-84-57(49)95-58(83)64-14-13-59(5,6)15-27(64)26-11-12-32-60(7)16-29(67)51(94-56-44(80)40(76)36(72)24(3)88-56)61(8,21-65)50(60)28(66)17-63(32,10)62(26,9)18-33(64)69/h11,22-25,27-57,65-82H,12-21H2,1-10H3/t22-,23-,24-,25-,27-,28+,29-,30+,31+,32+,33+,34-,35-,36-,37-,38+,39+,40+,41-,42+,43+,44+,45+,46+,47-,48-,49+,50+,51-,52-,53-,54-,55-,56-,57-,60+,61-,62+,63+,64+/m0/s1. The SMILES string of the molecule is C[C@@H]1O[C@@H](O[C@@H]2[C@@H](O)[C@H](O[C@@H]3[C@@H](O)[C@@H](O)[C@H](O[C@H]4[C@H](OC(=O)[C@]56CCC(C)(C)C[C@H]5C5=CC[C@@H]7[C@@]8(C)C[C@H](O)[C@H](O[C@@H]9O[C@@H](C)[C@H](O)[C@@H](O)[C@H]9O)[C@@](C)(CO)[C@@H]8[C@H](O)C[C@@]7(C)[C@]5(C)C[C@H]6O)OC[C@@H](O)[C@@H]4O)O[C@H]3C)OC[C@H]2O[C@@H]2O[C@@H](C)[C@H](O)[C@@H](O)[C@H]2O)[C@H](O)[C@H](O)[C@H]1O. The van der Waals surface area contributed by atoms with Crippen molar-refractivity contribution in [1.29, 1.82) is 0 Å². The lowest BCUT2D eigenvalue weighted by Crippen LogP contribution is -2.73. The zero-order valence-electron chi connectivity index (χ0n) is 55.2. The van der Waals surface area contributed by atoms with E-state index in [1.165, 1.54) is 27.7 Å². The topological polar surface area (TPSA) is 492 Å². The van der Waals surface area contributed by atoms with Crippen LogP contribution in [0.15, 0.2) is 11.6 Å². The molecule has 0 aromatic rings. The molecule has 4 saturated carbocycles. The molecule has 0 aromatic heterocycles. The number of allylic oxidation sites excluding steroid dienone is 2. The fraction of sp³-hybridized carbons (Fsp3) is 0.953. The van der Waals surface area contributed by atoms with Crippen LogP contribution in [-0.4, -0.2) is 314 Å². The number of esters is 1. The van der Waals surface area contributed by atoms with E-state index in [9.17, 15) is 91.9 Å². The summed E-state index contributed by atoms with van der Waals surface area (Å²) in [6, 6.07) is 0. The van der Waals surface area contributed by atoms with Crippen molar-refractivity contribution in [3.05, 3.63) is 11.6 Å². The van der Waals surface area contributed by atoms with Crippen LogP contribution in [0.4, 0.5) is 0 Å². The molecule has 0 bridgehead atoms. The molecular weight excluding hydrogens is 1260 g/mol. The minimum absolute atomic E-state index is 0.00118. The van der Waals surface area contributed by atoms with Crippen LogP contribution in [0.2, 0.25) is 0 Å².